The number of rotatable bonds is 5. The monoisotopic (exact) mass is 667 g/mol. The summed E-state index contributed by atoms with van der Waals surface area (Å²) in [5, 5.41) is 6.12. The van der Waals surface area contributed by atoms with Crippen LogP contribution in [0.1, 0.15) is 0 Å². The number of pyridine rings is 1. The van der Waals surface area contributed by atoms with Gasteiger partial charge in [-0.25, -0.2) is 15.0 Å². The van der Waals surface area contributed by atoms with Crippen LogP contribution in [0.3, 0.4) is 0 Å². The second kappa shape index (κ2) is 12.1. The maximum absolute atomic E-state index is 5.37. The Bertz CT molecular complexity index is 2900. The van der Waals surface area contributed by atoms with Gasteiger partial charge in [0, 0.05) is 53.2 Å². The third kappa shape index (κ3) is 5.16. The fourth-order valence-corrected chi connectivity index (χ4v) is 8.43. The van der Waals surface area contributed by atoms with Gasteiger partial charge >= 0.3 is 0 Å². The Balaban J connectivity index is 1.16. The lowest BCUT2D eigenvalue weighted by Gasteiger charge is -2.13. The van der Waals surface area contributed by atoms with Crippen LogP contribution in [0, 0.1) is 0 Å². The molecule has 0 spiro atoms. The van der Waals surface area contributed by atoms with Crippen LogP contribution in [0.2, 0.25) is 0 Å². The number of para-hydroxylation sites is 1. The lowest BCUT2D eigenvalue weighted by atomic mass is 9.96. The predicted octanol–water partition coefficient (Wildman–Crippen LogP) is 12.9. The quantitative estimate of drug-likeness (QED) is 0.171. The van der Waals surface area contributed by atoms with Crippen LogP contribution >= 0.6 is 11.3 Å². The molecule has 0 amide bonds. The molecular weight excluding hydrogens is 639 g/mol. The summed E-state index contributed by atoms with van der Waals surface area (Å²) < 4.78 is 2.55. The molecule has 0 bridgehead atoms. The number of fused-ring (bicyclic) bond motifs is 7. The average Bonchev–Trinajstić information content (AvgIpc) is 3.60. The molecule has 51 heavy (non-hydrogen) atoms. The average molecular weight is 668 g/mol. The minimum absolute atomic E-state index is 0.696. The highest BCUT2D eigenvalue weighted by Gasteiger charge is 2.18. The van der Waals surface area contributed by atoms with Gasteiger partial charge in [-0.2, -0.15) is 0 Å². The van der Waals surface area contributed by atoms with Crippen molar-refractivity contribution in [2.24, 2.45) is 0 Å². The molecule has 0 N–H and O–H groups in total. The van der Waals surface area contributed by atoms with Crippen LogP contribution in [-0.4, -0.2) is 15.0 Å². The van der Waals surface area contributed by atoms with E-state index in [-0.39, 0.29) is 0 Å². The van der Waals surface area contributed by atoms with Gasteiger partial charge in [0.2, 0.25) is 0 Å². The zero-order valence-electron chi connectivity index (χ0n) is 27.5. The Morgan fingerprint density at radius 1 is 0.353 bits per heavy atom. The van der Waals surface area contributed by atoms with Gasteiger partial charge < -0.3 is 0 Å². The third-order valence-electron chi connectivity index (χ3n) is 9.69. The van der Waals surface area contributed by atoms with Gasteiger partial charge in [0.25, 0.3) is 0 Å². The van der Waals surface area contributed by atoms with Gasteiger partial charge in [0.05, 0.1) is 22.6 Å². The second-order valence-electron chi connectivity index (χ2n) is 12.8. The van der Waals surface area contributed by atoms with E-state index in [2.05, 4.69) is 152 Å². The van der Waals surface area contributed by atoms with E-state index >= 15 is 0 Å². The van der Waals surface area contributed by atoms with Crippen LogP contribution in [0.15, 0.2) is 176 Å². The highest BCUT2D eigenvalue weighted by atomic mass is 32.1. The molecule has 3 nitrogen and oxygen atoms in total. The lowest BCUT2D eigenvalue weighted by molar-refractivity contribution is 1.18. The number of thiophene rings is 1. The van der Waals surface area contributed by atoms with Gasteiger partial charge in [0.1, 0.15) is 0 Å². The van der Waals surface area contributed by atoms with Crippen molar-refractivity contribution >= 4 is 53.2 Å². The maximum atomic E-state index is 5.37. The molecule has 7 aromatic carbocycles. The zero-order chi connectivity index (χ0) is 33.7. The molecule has 0 fully saturated rings. The summed E-state index contributed by atoms with van der Waals surface area (Å²) in [7, 11) is 0. The Labute approximate surface area is 299 Å². The van der Waals surface area contributed by atoms with E-state index in [1.165, 1.54) is 42.1 Å². The van der Waals surface area contributed by atoms with Gasteiger partial charge in [-0.1, -0.05) is 152 Å². The molecule has 0 saturated carbocycles. The number of hydrogen-bond donors (Lipinski definition) is 0. The Kier molecular flexibility index (Phi) is 7.00. The number of aromatic nitrogens is 3. The third-order valence-corrected chi connectivity index (χ3v) is 10.9. The molecule has 0 unspecified atom stereocenters. The van der Waals surface area contributed by atoms with Crippen LogP contribution in [0.25, 0.3) is 98.1 Å². The first-order valence-corrected chi connectivity index (χ1v) is 17.9. The lowest BCUT2D eigenvalue weighted by Crippen LogP contribution is -1.96. The highest BCUT2D eigenvalue weighted by Crippen LogP contribution is 2.44. The van der Waals surface area contributed by atoms with Gasteiger partial charge in [-0.05, 0) is 40.8 Å². The number of nitrogens with zero attached hydrogens (tertiary/aromatic N) is 3. The largest absolute Gasteiger partial charge is 0.247 e. The van der Waals surface area contributed by atoms with Crippen molar-refractivity contribution in [1.82, 2.24) is 15.0 Å². The Morgan fingerprint density at radius 3 is 1.75 bits per heavy atom. The molecule has 0 radical (unpaired) electrons. The summed E-state index contributed by atoms with van der Waals surface area (Å²) >= 11 is 1.85. The number of hydrogen-bond acceptors (Lipinski definition) is 4. The van der Waals surface area contributed by atoms with Crippen LogP contribution in [0.5, 0.6) is 0 Å². The zero-order valence-corrected chi connectivity index (χ0v) is 28.3. The molecule has 238 valence electrons. The molecule has 10 aromatic rings. The minimum atomic E-state index is 0.696. The SMILES string of the molecule is c1ccc(-c2ccc(-c3cc(-c4cccc(-c5nc6ccccc6c6ccc7c8ccccc8sc7c56)c4)nc(-c4ccccc4)n3)cc2)cc1. The van der Waals surface area contributed by atoms with Gasteiger partial charge in [-0.15, -0.1) is 11.3 Å². The first-order valence-electron chi connectivity index (χ1n) is 17.1. The summed E-state index contributed by atoms with van der Waals surface area (Å²) in [6, 6.07) is 61.8. The topological polar surface area (TPSA) is 38.7 Å². The summed E-state index contributed by atoms with van der Waals surface area (Å²) in [6.07, 6.45) is 0. The molecule has 10 rings (SSSR count). The molecular formula is C47H29N3S. The molecule has 0 aliphatic heterocycles. The minimum Gasteiger partial charge on any atom is -0.247 e. The molecule has 0 atom stereocenters. The molecule has 3 aromatic heterocycles. The molecule has 0 aliphatic carbocycles. The molecule has 3 heterocycles. The van der Waals surface area contributed by atoms with Crippen LogP contribution < -0.4 is 0 Å². The molecule has 0 saturated heterocycles. The van der Waals surface area contributed by atoms with E-state index in [0.717, 1.165) is 50.2 Å². The van der Waals surface area contributed by atoms with E-state index in [4.69, 9.17) is 15.0 Å². The van der Waals surface area contributed by atoms with E-state index in [1.807, 2.05) is 35.6 Å². The Hall–Kier alpha value is -6.49. The van der Waals surface area contributed by atoms with Crippen molar-refractivity contribution < 1.29 is 0 Å². The van der Waals surface area contributed by atoms with Crippen molar-refractivity contribution in [3.63, 3.8) is 0 Å². The summed E-state index contributed by atoms with van der Waals surface area (Å²) in [6.45, 7) is 0. The van der Waals surface area contributed by atoms with Crippen LogP contribution in [-0.2, 0) is 0 Å². The van der Waals surface area contributed by atoms with E-state index in [0.29, 0.717) is 5.82 Å². The van der Waals surface area contributed by atoms with Crippen molar-refractivity contribution in [2.75, 3.05) is 0 Å². The summed E-state index contributed by atoms with van der Waals surface area (Å²) in [5.74, 6) is 0.696. The number of benzene rings is 7. The van der Waals surface area contributed by atoms with Crippen molar-refractivity contribution in [1.29, 1.82) is 0 Å². The first-order chi connectivity index (χ1) is 25.3. The summed E-state index contributed by atoms with van der Waals surface area (Å²) in [5.41, 5.74) is 10.2. The van der Waals surface area contributed by atoms with Gasteiger partial charge in [0.15, 0.2) is 5.82 Å². The fraction of sp³-hybridized carbons (Fsp3) is 0. The molecule has 0 aliphatic rings. The smallest absolute Gasteiger partial charge is 0.160 e. The van der Waals surface area contributed by atoms with Crippen molar-refractivity contribution in [3.8, 4) is 56.3 Å². The Morgan fingerprint density at radius 2 is 0.941 bits per heavy atom. The summed E-state index contributed by atoms with van der Waals surface area (Å²) in [4.78, 5) is 15.6. The molecule has 4 heteroatoms. The van der Waals surface area contributed by atoms with E-state index in [1.54, 1.807) is 0 Å². The normalized spacial score (nSPS) is 11.5. The van der Waals surface area contributed by atoms with Crippen LogP contribution in [0.4, 0.5) is 0 Å². The first kappa shape index (κ1) is 29.4. The van der Waals surface area contributed by atoms with Gasteiger partial charge in [-0.3, -0.25) is 0 Å². The van der Waals surface area contributed by atoms with Crippen molar-refractivity contribution in [2.45, 2.75) is 0 Å². The fourth-order valence-electron chi connectivity index (χ4n) is 7.18. The van der Waals surface area contributed by atoms with E-state index in [9.17, 15) is 0 Å². The standard InChI is InChI=1S/C47H29N3S/c1-3-12-30(13-4-1)31-22-24-32(25-23-31)41-29-42(50-47(49-41)33-14-5-2-6-15-33)34-16-11-17-35(28-34)45-44-38(36-18-7-9-20-40(36)48-45)26-27-39-37-19-8-10-21-43(37)51-46(39)44/h1-29H. The predicted molar refractivity (Wildman–Crippen MR) is 215 cm³/mol. The highest BCUT2D eigenvalue weighted by molar-refractivity contribution is 7.26. The second-order valence-corrected chi connectivity index (χ2v) is 13.8. The van der Waals surface area contributed by atoms with E-state index < -0.39 is 0 Å². The van der Waals surface area contributed by atoms with Crippen molar-refractivity contribution in [3.05, 3.63) is 176 Å². The maximum Gasteiger partial charge on any atom is 0.160 e.